The lowest BCUT2D eigenvalue weighted by atomic mass is 10.1. The van der Waals surface area contributed by atoms with E-state index in [0.717, 1.165) is 29.8 Å². The number of aromatic nitrogens is 2. The Balaban J connectivity index is 1.91. The number of rotatable bonds is 7. The first-order valence-electron chi connectivity index (χ1n) is 7.23. The molecule has 0 unspecified atom stereocenters. The highest BCUT2D eigenvalue weighted by Crippen LogP contribution is 2.15. The van der Waals surface area contributed by atoms with Gasteiger partial charge in [-0.05, 0) is 25.1 Å². The Kier molecular flexibility index (Phi) is 4.90. The summed E-state index contributed by atoms with van der Waals surface area (Å²) in [6.45, 7) is 5.12. The SMILES string of the molecule is CC(C)NCCCC(=O)Cc1nc2ccccc2n1C. The predicted octanol–water partition coefficient (Wildman–Crippen LogP) is 2.46. The van der Waals surface area contributed by atoms with Gasteiger partial charge in [0.15, 0.2) is 0 Å². The molecule has 4 heteroatoms. The molecule has 1 aromatic heterocycles. The topological polar surface area (TPSA) is 46.9 Å². The summed E-state index contributed by atoms with van der Waals surface area (Å²) < 4.78 is 2.01. The second kappa shape index (κ2) is 6.66. The molecule has 1 N–H and O–H groups in total. The van der Waals surface area contributed by atoms with Crippen LogP contribution >= 0.6 is 0 Å². The van der Waals surface area contributed by atoms with Crippen molar-refractivity contribution in [3.05, 3.63) is 30.1 Å². The van der Waals surface area contributed by atoms with Gasteiger partial charge in [-0.25, -0.2) is 4.98 Å². The number of nitrogens with one attached hydrogen (secondary N) is 1. The lowest BCUT2D eigenvalue weighted by Gasteiger charge is -2.07. The van der Waals surface area contributed by atoms with Gasteiger partial charge in [-0.3, -0.25) is 4.79 Å². The lowest BCUT2D eigenvalue weighted by molar-refractivity contribution is -0.118. The average molecular weight is 273 g/mol. The quantitative estimate of drug-likeness (QED) is 0.788. The Morgan fingerprint density at radius 2 is 2.10 bits per heavy atom. The first-order valence-corrected chi connectivity index (χ1v) is 7.23. The fraction of sp³-hybridized carbons (Fsp3) is 0.500. The van der Waals surface area contributed by atoms with Crippen molar-refractivity contribution in [2.24, 2.45) is 7.05 Å². The second-order valence-electron chi connectivity index (χ2n) is 5.50. The molecule has 0 bridgehead atoms. The van der Waals surface area contributed by atoms with Gasteiger partial charge in [0.2, 0.25) is 0 Å². The smallest absolute Gasteiger partial charge is 0.140 e. The first kappa shape index (κ1) is 14.7. The molecule has 0 aliphatic heterocycles. The van der Waals surface area contributed by atoms with Gasteiger partial charge in [0, 0.05) is 19.5 Å². The maximum Gasteiger partial charge on any atom is 0.140 e. The third kappa shape index (κ3) is 3.67. The van der Waals surface area contributed by atoms with E-state index in [9.17, 15) is 4.79 Å². The molecule has 20 heavy (non-hydrogen) atoms. The molecule has 1 aromatic carbocycles. The van der Waals surface area contributed by atoms with Crippen LogP contribution in [0.4, 0.5) is 0 Å². The Bertz CT molecular complexity index is 586. The molecule has 1 heterocycles. The monoisotopic (exact) mass is 273 g/mol. The molecule has 4 nitrogen and oxygen atoms in total. The van der Waals surface area contributed by atoms with Crippen LogP contribution in [0.5, 0.6) is 0 Å². The zero-order chi connectivity index (χ0) is 14.5. The van der Waals surface area contributed by atoms with Gasteiger partial charge in [0.1, 0.15) is 11.6 Å². The van der Waals surface area contributed by atoms with E-state index in [1.807, 2.05) is 35.9 Å². The number of ketones is 1. The van der Waals surface area contributed by atoms with E-state index >= 15 is 0 Å². The highest BCUT2D eigenvalue weighted by atomic mass is 16.1. The van der Waals surface area contributed by atoms with Crippen molar-refractivity contribution >= 4 is 16.8 Å². The summed E-state index contributed by atoms with van der Waals surface area (Å²) in [6.07, 6.45) is 1.93. The summed E-state index contributed by atoms with van der Waals surface area (Å²) in [6, 6.07) is 8.45. The van der Waals surface area contributed by atoms with Gasteiger partial charge >= 0.3 is 0 Å². The second-order valence-corrected chi connectivity index (χ2v) is 5.50. The van der Waals surface area contributed by atoms with Crippen LogP contribution < -0.4 is 5.32 Å². The van der Waals surface area contributed by atoms with E-state index < -0.39 is 0 Å². The first-order chi connectivity index (χ1) is 9.58. The highest BCUT2D eigenvalue weighted by molar-refractivity contribution is 5.82. The van der Waals surface area contributed by atoms with E-state index in [4.69, 9.17) is 0 Å². The Morgan fingerprint density at radius 1 is 1.35 bits per heavy atom. The summed E-state index contributed by atoms with van der Waals surface area (Å²) in [5, 5.41) is 3.32. The minimum atomic E-state index is 0.258. The molecule has 0 saturated heterocycles. The van der Waals surface area contributed by atoms with E-state index in [1.54, 1.807) is 0 Å². The number of imidazole rings is 1. The molecule has 0 spiro atoms. The minimum Gasteiger partial charge on any atom is -0.331 e. The van der Waals surface area contributed by atoms with Crippen molar-refractivity contribution in [1.82, 2.24) is 14.9 Å². The van der Waals surface area contributed by atoms with Gasteiger partial charge in [0.25, 0.3) is 0 Å². The van der Waals surface area contributed by atoms with E-state index in [2.05, 4.69) is 24.1 Å². The Morgan fingerprint density at radius 3 is 2.80 bits per heavy atom. The summed E-state index contributed by atoms with van der Waals surface area (Å²) in [5.41, 5.74) is 2.04. The summed E-state index contributed by atoms with van der Waals surface area (Å²) >= 11 is 0. The maximum atomic E-state index is 12.0. The van der Waals surface area contributed by atoms with Crippen LogP contribution in [0.2, 0.25) is 0 Å². The van der Waals surface area contributed by atoms with Crippen LogP contribution in [0, 0.1) is 0 Å². The molecule has 2 aromatic rings. The molecule has 108 valence electrons. The van der Waals surface area contributed by atoms with Crippen molar-refractivity contribution in [3.8, 4) is 0 Å². The average Bonchev–Trinajstić information content (AvgIpc) is 2.72. The summed E-state index contributed by atoms with van der Waals surface area (Å²) in [4.78, 5) is 16.5. The molecule has 2 rings (SSSR count). The third-order valence-corrected chi connectivity index (χ3v) is 3.42. The molecule has 0 aliphatic carbocycles. The number of carbonyl (C=O) groups is 1. The van der Waals surface area contributed by atoms with Crippen molar-refractivity contribution in [3.63, 3.8) is 0 Å². The van der Waals surface area contributed by atoms with Crippen LogP contribution in [-0.2, 0) is 18.3 Å². The van der Waals surface area contributed by atoms with Crippen molar-refractivity contribution in [2.75, 3.05) is 6.54 Å². The van der Waals surface area contributed by atoms with Crippen LogP contribution in [0.15, 0.2) is 24.3 Å². The number of nitrogens with zero attached hydrogens (tertiary/aromatic N) is 2. The number of benzene rings is 1. The van der Waals surface area contributed by atoms with Gasteiger partial charge in [-0.15, -0.1) is 0 Å². The normalized spacial score (nSPS) is 11.4. The summed E-state index contributed by atoms with van der Waals surface area (Å²) in [7, 11) is 1.97. The van der Waals surface area contributed by atoms with Crippen molar-refractivity contribution in [2.45, 2.75) is 39.2 Å². The summed E-state index contributed by atoms with van der Waals surface area (Å²) in [5.74, 6) is 1.11. The van der Waals surface area contributed by atoms with Crippen molar-refractivity contribution < 1.29 is 4.79 Å². The molecule has 0 fully saturated rings. The van der Waals surface area contributed by atoms with Crippen molar-refractivity contribution in [1.29, 1.82) is 0 Å². The van der Waals surface area contributed by atoms with E-state index in [-0.39, 0.29) is 5.78 Å². The molecule has 0 radical (unpaired) electrons. The number of Topliss-reactive ketones (excluding diaryl/α,β-unsaturated/α-hetero) is 1. The molecule has 0 saturated carbocycles. The standard InChI is InChI=1S/C16H23N3O/c1-12(2)17-10-6-7-13(20)11-16-18-14-8-4-5-9-15(14)19(16)3/h4-5,8-9,12,17H,6-7,10-11H2,1-3H3. The van der Waals surface area contributed by atoms with E-state index in [1.165, 1.54) is 0 Å². The number of carbonyl (C=O) groups excluding carboxylic acids is 1. The fourth-order valence-electron chi connectivity index (χ4n) is 2.29. The minimum absolute atomic E-state index is 0.258. The Hall–Kier alpha value is -1.68. The zero-order valence-corrected chi connectivity index (χ0v) is 12.5. The number of aryl methyl sites for hydroxylation is 1. The number of hydrogen-bond donors (Lipinski definition) is 1. The Labute approximate surface area is 120 Å². The zero-order valence-electron chi connectivity index (χ0n) is 12.5. The number of fused-ring (bicyclic) bond motifs is 1. The maximum absolute atomic E-state index is 12.0. The molecular formula is C16H23N3O. The molecule has 0 aliphatic rings. The van der Waals surface area contributed by atoms with Gasteiger partial charge < -0.3 is 9.88 Å². The van der Waals surface area contributed by atoms with Crippen LogP contribution in [0.3, 0.4) is 0 Å². The lowest BCUT2D eigenvalue weighted by Crippen LogP contribution is -2.24. The fourth-order valence-corrected chi connectivity index (χ4v) is 2.29. The largest absolute Gasteiger partial charge is 0.331 e. The number of hydrogen-bond acceptors (Lipinski definition) is 3. The van der Waals surface area contributed by atoms with Gasteiger partial charge in [-0.1, -0.05) is 26.0 Å². The molecule has 0 atom stereocenters. The van der Waals surface area contributed by atoms with Crippen LogP contribution in [-0.4, -0.2) is 27.9 Å². The predicted molar refractivity (Wildman–Crippen MR) is 81.8 cm³/mol. The highest BCUT2D eigenvalue weighted by Gasteiger charge is 2.11. The van der Waals surface area contributed by atoms with Crippen LogP contribution in [0.1, 0.15) is 32.5 Å². The number of para-hydroxylation sites is 2. The van der Waals surface area contributed by atoms with E-state index in [0.29, 0.717) is 18.9 Å². The van der Waals surface area contributed by atoms with Gasteiger partial charge in [-0.2, -0.15) is 0 Å². The third-order valence-electron chi connectivity index (χ3n) is 3.42. The molecular weight excluding hydrogens is 250 g/mol. The molecule has 0 amide bonds. The van der Waals surface area contributed by atoms with Gasteiger partial charge in [0.05, 0.1) is 17.5 Å². The van der Waals surface area contributed by atoms with Crippen LogP contribution in [0.25, 0.3) is 11.0 Å².